The van der Waals surface area contributed by atoms with Crippen molar-refractivity contribution < 1.29 is 4.79 Å². The van der Waals surface area contributed by atoms with Crippen molar-refractivity contribution in [2.45, 2.75) is 38.9 Å². The molecule has 1 saturated heterocycles. The summed E-state index contributed by atoms with van der Waals surface area (Å²) in [4.78, 5) is 13.7. The van der Waals surface area contributed by atoms with E-state index >= 15 is 0 Å². The van der Waals surface area contributed by atoms with Crippen molar-refractivity contribution in [3.63, 3.8) is 0 Å². The smallest absolute Gasteiger partial charge is 0.217 e. The second-order valence-electron chi connectivity index (χ2n) is 6.67. The van der Waals surface area contributed by atoms with Crippen LogP contribution in [0.1, 0.15) is 36.6 Å². The van der Waals surface area contributed by atoms with E-state index in [1.54, 1.807) is 6.92 Å². The van der Waals surface area contributed by atoms with Crippen LogP contribution in [-0.4, -0.2) is 34.5 Å². The number of likely N-dealkylation sites (tertiary alicyclic amines) is 1. The highest BCUT2D eigenvalue weighted by Gasteiger charge is 2.21. The minimum Gasteiger partial charge on any atom is -0.352 e. The first-order valence-electron chi connectivity index (χ1n) is 8.77. The van der Waals surface area contributed by atoms with Gasteiger partial charge in [0, 0.05) is 44.5 Å². The lowest BCUT2D eigenvalue weighted by Crippen LogP contribution is -2.46. The second kappa shape index (κ2) is 8.00. The van der Waals surface area contributed by atoms with Crippen molar-refractivity contribution >= 4 is 5.91 Å². The topological polar surface area (TPSA) is 61.1 Å². The van der Waals surface area contributed by atoms with Crippen LogP contribution in [0.2, 0.25) is 0 Å². The molecule has 2 heterocycles. The molecule has 5 heteroatoms. The lowest BCUT2D eigenvalue weighted by atomic mass is 10.1. The number of nitriles is 1. The van der Waals surface area contributed by atoms with Gasteiger partial charge < -0.3 is 9.88 Å². The van der Waals surface area contributed by atoms with Crippen molar-refractivity contribution in [3.8, 4) is 6.07 Å². The van der Waals surface area contributed by atoms with Crippen molar-refractivity contribution in [2.24, 2.45) is 0 Å². The summed E-state index contributed by atoms with van der Waals surface area (Å²) in [7, 11) is 0. The quantitative estimate of drug-likeness (QED) is 0.912. The van der Waals surface area contributed by atoms with Gasteiger partial charge in [-0.05, 0) is 43.1 Å². The molecule has 0 unspecified atom stereocenters. The van der Waals surface area contributed by atoms with Crippen LogP contribution in [-0.2, 0) is 17.9 Å². The number of hydrogen-bond acceptors (Lipinski definition) is 3. The van der Waals surface area contributed by atoms with Crippen LogP contribution < -0.4 is 5.32 Å². The third kappa shape index (κ3) is 4.49. The number of aromatic nitrogens is 1. The molecule has 1 atom stereocenters. The Morgan fingerprint density at radius 2 is 2.12 bits per heavy atom. The molecule has 130 valence electrons. The summed E-state index contributed by atoms with van der Waals surface area (Å²) in [6.45, 7) is 5.08. The Balaban J connectivity index is 1.68. The van der Waals surface area contributed by atoms with E-state index in [1.165, 1.54) is 5.69 Å². The Hall–Kier alpha value is -2.58. The van der Waals surface area contributed by atoms with Gasteiger partial charge in [-0.3, -0.25) is 9.69 Å². The maximum Gasteiger partial charge on any atom is 0.217 e. The van der Waals surface area contributed by atoms with Gasteiger partial charge in [-0.15, -0.1) is 0 Å². The molecule has 1 fully saturated rings. The molecule has 2 aromatic rings. The molecule has 5 nitrogen and oxygen atoms in total. The van der Waals surface area contributed by atoms with Gasteiger partial charge in [0.1, 0.15) is 0 Å². The number of nitrogens with one attached hydrogen (secondary N) is 1. The monoisotopic (exact) mass is 336 g/mol. The average molecular weight is 336 g/mol. The number of amides is 1. The number of hydrogen-bond donors (Lipinski definition) is 1. The molecule has 1 aliphatic rings. The first-order valence-corrected chi connectivity index (χ1v) is 8.77. The Labute approximate surface area is 148 Å². The Morgan fingerprint density at radius 1 is 1.28 bits per heavy atom. The molecule has 1 aromatic heterocycles. The Morgan fingerprint density at radius 3 is 2.92 bits per heavy atom. The first-order chi connectivity index (χ1) is 12.2. The molecule has 1 aliphatic heterocycles. The van der Waals surface area contributed by atoms with E-state index in [4.69, 9.17) is 0 Å². The van der Waals surface area contributed by atoms with E-state index in [2.05, 4.69) is 39.2 Å². The number of piperidine rings is 1. The first kappa shape index (κ1) is 17.2. The number of carbonyl (C=O) groups excluding carboxylic acids is 1. The largest absolute Gasteiger partial charge is 0.352 e. The summed E-state index contributed by atoms with van der Waals surface area (Å²) in [6, 6.07) is 14.4. The number of nitrogens with zero attached hydrogens (tertiary/aromatic N) is 3. The zero-order chi connectivity index (χ0) is 17.6. The minimum atomic E-state index is 0.0448. The van der Waals surface area contributed by atoms with Gasteiger partial charge in [0.25, 0.3) is 0 Å². The second-order valence-corrected chi connectivity index (χ2v) is 6.67. The van der Waals surface area contributed by atoms with E-state index in [1.807, 2.05) is 24.3 Å². The molecule has 1 N–H and O–H groups in total. The normalized spacial score (nSPS) is 17.8. The third-order valence-corrected chi connectivity index (χ3v) is 4.70. The fourth-order valence-corrected chi connectivity index (χ4v) is 3.53. The molecule has 0 radical (unpaired) electrons. The van der Waals surface area contributed by atoms with E-state index in [0.717, 1.165) is 43.6 Å². The number of rotatable bonds is 5. The zero-order valence-corrected chi connectivity index (χ0v) is 14.6. The molecule has 3 rings (SSSR count). The maximum absolute atomic E-state index is 11.3. The summed E-state index contributed by atoms with van der Waals surface area (Å²) >= 11 is 0. The minimum absolute atomic E-state index is 0.0448. The fraction of sp³-hybridized carbons (Fsp3) is 0.400. The van der Waals surface area contributed by atoms with Crippen molar-refractivity contribution in [3.05, 3.63) is 59.4 Å². The van der Waals surface area contributed by atoms with Crippen LogP contribution in [0, 0.1) is 11.3 Å². The molecule has 1 amide bonds. The van der Waals surface area contributed by atoms with Crippen LogP contribution in [0.5, 0.6) is 0 Å². The van der Waals surface area contributed by atoms with Crippen LogP contribution in [0.25, 0.3) is 0 Å². The number of benzene rings is 1. The molecule has 0 aliphatic carbocycles. The highest BCUT2D eigenvalue weighted by molar-refractivity contribution is 5.73. The van der Waals surface area contributed by atoms with E-state index in [-0.39, 0.29) is 11.9 Å². The van der Waals surface area contributed by atoms with E-state index in [9.17, 15) is 10.1 Å². The van der Waals surface area contributed by atoms with Crippen LogP contribution in [0.15, 0.2) is 42.6 Å². The predicted molar refractivity (Wildman–Crippen MR) is 96.8 cm³/mol. The predicted octanol–water partition coefficient (Wildman–Crippen LogP) is 2.51. The summed E-state index contributed by atoms with van der Waals surface area (Å²) in [5, 5.41) is 12.3. The average Bonchev–Trinajstić information content (AvgIpc) is 3.02. The van der Waals surface area contributed by atoms with Crippen LogP contribution >= 0.6 is 0 Å². The van der Waals surface area contributed by atoms with Crippen LogP contribution in [0.3, 0.4) is 0 Å². The van der Waals surface area contributed by atoms with Crippen molar-refractivity contribution in [1.29, 1.82) is 5.26 Å². The summed E-state index contributed by atoms with van der Waals surface area (Å²) in [5.74, 6) is 0.0448. The SMILES string of the molecule is CC(=O)N[C@@H]1CCCN(Cc2cccn2Cc2ccccc2C#N)C1. The Kier molecular flexibility index (Phi) is 5.52. The third-order valence-electron chi connectivity index (χ3n) is 4.70. The maximum atomic E-state index is 11.3. The van der Waals surface area contributed by atoms with Gasteiger partial charge in [0.2, 0.25) is 5.91 Å². The van der Waals surface area contributed by atoms with Gasteiger partial charge in [-0.2, -0.15) is 5.26 Å². The summed E-state index contributed by atoms with van der Waals surface area (Å²) < 4.78 is 2.21. The Bertz CT molecular complexity index is 774. The molecule has 0 saturated carbocycles. The van der Waals surface area contributed by atoms with E-state index in [0.29, 0.717) is 6.54 Å². The van der Waals surface area contributed by atoms with Crippen molar-refractivity contribution in [1.82, 2.24) is 14.8 Å². The lowest BCUT2D eigenvalue weighted by Gasteiger charge is -2.33. The highest BCUT2D eigenvalue weighted by Crippen LogP contribution is 2.17. The van der Waals surface area contributed by atoms with Gasteiger partial charge in [0.15, 0.2) is 0 Å². The summed E-state index contributed by atoms with van der Waals surface area (Å²) in [6.07, 6.45) is 4.22. The van der Waals surface area contributed by atoms with Gasteiger partial charge in [-0.25, -0.2) is 0 Å². The molecular formula is C20H24N4O. The standard InChI is InChI=1S/C20H24N4O/c1-16(25)22-19-8-4-10-23(14-19)15-20-9-5-11-24(20)13-18-7-3-2-6-17(18)12-21/h2-3,5-7,9,11,19H,4,8,10,13-15H2,1H3,(H,22,25)/t19-/m1/s1. The lowest BCUT2D eigenvalue weighted by molar-refractivity contribution is -0.120. The summed E-state index contributed by atoms with van der Waals surface area (Å²) in [5.41, 5.74) is 3.00. The zero-order valence-electron chi connectivity index (χ0n) is 14.6. The van der Waals surface area contributed by atoms with Gasteiger partial charge in [0.05, 0.1) is 11.6 Å². The molecule has 25 heavy (non-hydrogen) atoms. The van der Waals surface area contributed by atoms with Crippen molar-refractivity contribution in [2.75, 3.05) is 13.1 Å². The van der Waals surface area contributed by atoms with Gasteiger partial charge >= 0.3 is 0 Å². The highest BCUT2D eigenvalue weighted by atomic mass is 16.1. The molecule has 1 aromatic carbocycles. The number of carbonyl (C=O) groups is 1. The van der Waals surface area contributed by atoms with Crippen LogP contribution in [0.4, 0.5) is 0 Å². The molecule has 0 spiro atoms. The molecular weight excluding hydrogens is 312 g/mol. The molecule has 0 bridgehead atoms. The van der Waals surface area contributed by atoms with Gasteiger partial charge in [-0.1, -0.05) is 18.2 Å². The fourth-order valence-electron chi connectivity index (χ4n) is 3.53. The van der Waals surface area contributed by atoms with E-state index < -0.39 is 0 Å².